The maximum absolute atomic E-state index is 2.36. The van der Waals surface area contributed by atoms with Crippen molar-refractivity contribution in [2.24, 2.45) is 5.92 Å². The molecule has 0 aliphatic carbocycles. The fourth-order valence-corrected chi connectivity index (χ4v) is 2.72. The minimum absolute atomic E-state index is 0.791. The van der Waals surface area contributed by atoms with Crippen molar-refractivity contribution in [1.29, 1.82) is 0 Å². The summed E-state index contributed by atoms with van der Waals surface area (Å²) in [6.45, 7) is 11.6. The molecule has 0 radical (unpaired) electrons. The summed E-state index contributed by atoms with van der Waals surface area (Å²) >= 11 is 2.14. The zero-order valence-electron chi connectivity index (χ0n) is 9.26. The predicted octanol–water partition coefficient (Wildman–Crippen LogP) is 4.34. The molecule has 0 nitrogen and oxygen atoms in total. The van der Waals surface area contributed by atoms with Crippen LogP contribution in [-0.4, -0.2) is 10.5 Å². The van der Waals surface area contributed by atoms with E-state index in [1.54, 1.807) is 0 Å². The Balaban J connectivity index is 3.66. The zero-order valence-corrected chi connectivity index (χ0v) is 10.1. The molecule has 0 aromatic carbocycles. The normalized spacial score (nSPS) is 16.5. The van der Waals surface area contributed by atoms with Crippen LogP contribution in [0.2, 0.25) is 0 Å². The Morgan fingerprint density at radius 3 is 1.92 bits per heavy atom. The van der Waals surface area contributed by atoms with E-state index in [0.717, 1.165) is 16.4 Å². The van der Waals surface area contributed by atoms with Gasteiger partial charge in [-0.05, 0) is 24.0 Å². The van der Waals surface area contributed by atoms with Crippen molar-refractivity contribution < 1.29 is 0 Å². The van der Waals surface area contributed by atoms with E-state index in [4.69, 9.17) is 0 Å². The molecular weight excluding hydrogens is 164 g/mol. The minimum atomic E-state index is 0.791. The summed E-state index contributed by atoms with van der Waals surface area (Å²) in [6.07, 6.45) is 4.05. The zero-order chi connectivity index (χ0) is 9.56. The van der Waals surface area contributed by atoms with Gasteiger partial charge in [0.2, 0.25) is 0 Å². The third-order valence-electron chi connectivity index (χ3n) is 2.28. The second-order valence-electron chi connectivity index (χ2n) is 3.96. The molecule has 0 aliphatic rings. The molecule has 0 rings (SSSR count). The van der Waals surface area contributed by atoms with E-state index in [1.807, 2.05) is 0 Å². The second-order valence-corrected chi connectivity index (χ2v) is 5.85. The van der Waals surface area contributed by atoms with E-state index in [-0.39, 0.29) is 0 Å². The fraction of sp³-hybridized carbons (Fsp3) is 1.00. The molecule has 0 N–H and O–H groups in total. The first-order valence-corrected chi connectivity index (χ1v) is 6.19. The van der Waals surface area contributed by atoms with Crippen molar-refractivity contribution >= 4 is 11.8 Å². The fourth-order valence-electron chi connectivity index (χ4n) is 1.32. The lowest BCUT2D eigenvalue weighted by Crippen LogP contribution is -2.09. The van der Waals surface area contributed by atoms with Crippen molar-refractivity contribution in [2.75, 3.05) is 0 Å². The highest BCUT2D eigenvalue weighted by molar-refractivity contribution is 8.00. The van der Waals surface area contributed by atoms with Crippen LogP contribution >= 0.6 is 11.8 Å². The summed E-state index contributed by atoms with van der Waals surface area (Å²) in [5.74, 6) is 0.904. The lowest BCUT2D eigenvalue weighted by Gasteiger charge is -2.20. The summed E-state index contributed by atoms with van der Waals surface area (Å²) in [7, 11) is 0. The third-order valence-corrected chi connectivity index (χ3v) is 3.74. The molecule has 0 fully saturated rings. The Hall–Kier alpha value is 0.350. The van der Waals surface area contributed by atoms with Crippen molar-refractivity contribution in [3.63, 3.8) is 0 Å². The molecule has 0 spiro atoms. The van der Waals surface area contributed by atoms with Crippen LogP contribution in [0.3, 0.4) is 0 Å². The van der Waals surface area contributed by atoms with Gasteiger partial charge in [-0.2, -0.15) is 11.8 Å². The van der Waals surface area contributed by atoms with Crippen LogP contribution in [0.4, 0.5) is 0 Å². The van der Waals surface area contributed by atoms with E-state index in [1.165, 1.54) is 19.3 Å². The van der Waals surface area contributed by atoms with E-state index in [9.17, 15) is 0 Å². The van der Waals surface area contributed by atoms with Gasteiger partial charge in [0.25, 0.3) is 0 Å². The first-order chi connectivity index (χ1) is 5.60. The summed E-state index contributed by atoms with van der Waals surface area (Å²) in [5, 5.41) is 1.68. The van der Waals surface area contributed by atoms with Crippen LogP contribution < -0.4 is 0 Å². The van der Waals surface area contributed by atoms with Gasteiger partial charge < -0.3 is 0 Å². The largest absolute Gasteiger partial charge is 0.156 e. The first kappa shape index (κ1) is 12.3. The lowest BCUT2D eigenvalue weighted by molar-refractivity contribution is 0.499. The molecule has 2 atom stereocenters. The van der Waals surface area contributed by atoms with Gasteiger partial charge in [0.05, 0.1) is 0 Å². The predicted molar refractivity (Wildman–Crippen MR) is 60.9 cm³/mol. The molecule has 1 heteroatoms. The molecule has 0 saturated heterocycles. The smallest absolute Gasteiger partial charge is 0.00495 e. The topological polar surface area (TPSA) is 0 Å². The van der Waals surface area contributed by atoms with E-state index < -0.39 is 0 Å². The van der Waals surface area contributed by atoms with Gasteiger partial charge in [-0.15, -0.1) is 0 Å². The average molecular weight is 188 g/mol. The van der Waals surface area contributed by atoms with Crippen LogP contribution in [-0.2, 0) is 0 Å². The summed E-state index contributed by atoms with van der Waals surface area (Å²) in [4.78, 5) is 0. The van der Waals surface area contributed by atoms with Gasteiger partial charge in [-0.25, -0.2) is 0 Å². The maximum Gasteiger partial charge on any atom is 0.00495 e. The van der Waals surface area contributed by atoms with Crippen molar-refractivity contribution in [3.05, 3.63) is 0 Å². The van der Waals surface area contributed by atoms with Crippen LogP contribution in [0.1, 0.15) is 53.9 Å². The molecule has 0 heterocycles. The van der Waals surface area contributed by atoms with Gasteiger partial charge in [-0.1, -0.05) is 41.0 Å². The molecule has 0 amide bonds. The molecule has 0 saturated carbocycles. The number of hydrogen-bond donors (Lipinski definition) is 0. The Kier molecular flexibility index (Phi) is 7.02. The Bertz CT molecular complexity index is 99.2. The highest BCUT2D eigenvalue weighted by Crippen LogP contribution is 2.26. The van der Waals surface area contributed by atoms with Crippen LogP contribution in [0.25, 0.3) is 0 Å². The summed E-state index contributed by atoms with van der Waals surface area (Å²) in [6, 6.07) is 0. The standard InChI is InChI=1S/C11H24S/c1-6-10(5)8-11(7-2)12-9(3)4/h9-11H,6-8H2,1-5H3. The van der Waals surface area contributed by atoms with Gasteiger partial charge >= 0.3 is 0 Å². The number of hydrogen-bond acceptors (Lipinski definition) is 1. The molecule has 0 aromatic heterocycles. The van der Waals surface area contributed by atoms with Gasteiger partial charge in [-0.3, -0.25) is 0 Å². The highest BCUT2D eigenvalue weighted by atomic mass is 32.2. The van der Waals surface area contributed by atoms with Gasteiger partial charge in [0, 0.05) is 5.25 Å². The van der Waals surface area contributed by atoms with E-state index in [2.05, 4.69) is 46.4 Å². The second kappa shape index (κ2) is 6.82. The number of thioether (sulfide) groups is 1. The van der Waals surface area contributed by atoms with Crippen LogP contribution in [0.5, 0.6) is 0 Å². The molecular formula is C11H24S. The minimum Gasteiger partial charge on any atom is -0.156 e. The van der Waals surface area contributed by atoms with Crippen molar-refractivity contribution in [2.45, 2.75) is 64.4 Å². The lowest BCUT2D eigenvalue weighted by atomic mass is 10.0. The van der Waals surface area contributed by atoms with E-state index in [0.29, 0.717) is 0 Å². The molecule has 12 heavy (non-hydrogen) atoms. The van der Waals surface area contributed by atoms with Gasteiger partial charge in [0.1, 0.15) is 0 Å². The maximum atomic E-state index is 2.36. The third kappa shape index (κ3) is 5.93. The van der Waals surface area contributed by atoms with Crippen molar-refractivity contribution in [1.82, 2.24) is 0 Å². The van der Waals surface area contributed by atoms with E-state index >= 15 is 0 Å². The Morgan fingerprint density at radius 1 is 1.00 bits per heavy atom. The quantitative estimate of drug-likeness (QED) is 0.597. The molecule has 74 valence electrons. The highest BCUT2D eigenvalue weighted by Gasteiger charge is 2.11. The van der Waals surface area contributed by atoms with Crippen LogP contribution in [0.15, 0.2) is 0 Å². The SMILES string of the molecule is CCC(C)CC(CC)SC(C)C. The van der Waals surface area contributed by atoms with Crippen molar-refractivity contribution in [3.8, 4) is 0 Å². The summed E-state index contributed by atoms with van der Waals surface area (Å²) in [5.41, 5.74) is 0. The number of rotatable bonds is 6. The Labute approximate surface area is 82.5 Å². The Morgan fingerprint density at radius 2 is 1.58 bits per heavy atom. The van der Waals surface area contributed by atoms with Crippen LogP contribution in [0, 0.1) is 5.92 Å². The first-order valence-electron chi connectivity index (χ1n) is 5.25. The monoisotopic (exact) mass is 188 g/mol. The van der Waals surface area contributed by atoms with Gasteiger partial charge in [0.15, 0.2) is 0 Å². The molecule has 0 aromatic rings. The molecule has 0 aliphatic heterocycles. The summed E-state index contributed by atoms with van der Waals surface area (Å²) < 4.78 is 0. The average Bonchev–Trinajstić information content (AvgIpc) is 2.02. The molecule has 2 unspecified atom stereocenters. The molecule has 0 bridgehead atoms.